The molecule has 0 radical (unpaired) electrons. The lowest BCUT2D eigenvalue weighted by molar-refractivity contribution is -0.384. The molecule has 1 aromatic heterocycles. The van der Waals surface area contributed by atoms with E-state index in [-0.39, 0.29) is 11.6 Å². The van der Waals surface area contributed by atoms with Gasteiger partial charge < -0.3 is 10.1 Å². The number of aromatic nitrogens is 4. The van der Waals surface area contributed by atoms with Crippen LogP contribution in [0, 0.1) is 10.1 Å². The third-order valence-electron chi connectivity index (χ3n) is 3.83. The van der Waals surface area contributed by atoms with Gasteiger partial charge in [-0.05, 0) is 48.5 Å². The number of non-ortho nitro benzene ring substituents is 1. The molecule has 0 aliphatic carbocycles. The summed E-state index contributed by atoms with van der Waals surface area (Å²) in [6, 6.07) is 13.0. The highest BCUT2D eigenvalue weighted by Gasteiger charge is 2.21. The molecule has 29 heavy (non-hydrogen) atoms. The summed E-state index contributed by atoms with van der Waals surface area (Å²) in [4.78, 5) is 22.7. The molecule has 0 bridgehead atoms. The molecule has 0 aliphatic rings. The van der Waals surface area contributed by atoms with E-state index in [2.05, 4.69) is 20.8 Å². The summed E-state index contributed by atoms with van der Waals surface area (Å²) < 4.78 is 7.14. The molecule has 1 heterocycles. The standard InChI is InChI=1S/C18H18N6O4S/c1-3-28-16-7-5-4-6-15(16)23-18(20-21-22-23)29-12(2)17(25)19-13-8-10-14(11-9-13)24(26)27/h4-12H,3H2,1-2H3,(H,19,25)/t12-/m1/s1. The van der Waals surface area contributed by atoms with Gasteiger partial charge in [-0.3, -0.25) is 14.9 Å². The van der Waals surface area contributed by atoms with Gasteiger partial charge in [0.15, 0.2) is 0 Å². The summed E-state index contributed by atoms with van der Waals surface area (Å²) in [7, 11) is 0. The van der Waals surface area contributed by atoms with Crippen LogP contribution >= 0.6 is 11.8 Å². The predicted molar refractivity (Wildman–Crippen MR) is 107 cm³/mol. The molecule has 3 rings (SSSR count). The summed E-state index contributed by atoms with van der Waals surface area (Å²) in [5.74, 6) is 0.351. The zero-order valence-electron chi connectivity index (χ0n) is 15.7. The monoisotopic (exact) mass is 414 g/mol. The van der Waals surface area contributed by atoms with Gasteiger partial charge in [-0.15, -0.1) is 5.10 Å². The fourth-order valence-electron chi connectivity index (χ4n) is 2.44. The summed E-state index contributed by atoms with van der Waals surface area (Å²) in [6.45, 7) is 4.10. The Morgan fingerprint density at radius 1 is 1.28 bits per heavy atom. The zero-order valence-corrected chi connectivity index (χ0v) is 16.5. The number of nitro benzene ring substituents is 1. The number of para-hydroxylation sites is 2. The number of nitrogens with zero attached hydrogens (tertiary/aromatic N) is 5. The van der Waals surface area contributed by atoms with Gasteiger partial charge in [-0.1, -0.05) is 23.9 Å². The fourth-order valence-corrected chi connectivity index (χ4v) is 3.24. The van der Waals surface area contributed by atoms with Crippen molar-refractivity contribution in [2.45, 2.75) is 24.3 Å². The number of benzene rings is 2. The molecule has 2 aromatic carbocycles. The number of tetrazole rings is 1. The van der Waals surface area contributed by atoms with Crippen molar-refractivity contribution in [1.82, 2.24) is 20.2 Å². The van der Waals surface area contributed by atoms with Gasteiger partial charge in [0.1, 0.15) is 11.4 Å². The van der Waals surface area contributed by atoms with Gasteiger partial charge in [0.2, 0.25) is 11.1 Å². The van der Waals surface area contributed by atoms with E-state index in [1.807, 2.05) is 31.2 Å². The van der Waals surface area contributed by atoms with Crippen molar-refractivity contribution in [2.24, 2.45) is 0 Å². The number of carbonyl (C=O) groups is 1. The Hall–Kier alpha value is -3.47. The Morgan fingerprint density at radius 2 is 2.00 bits per heavy atom. The molecule has 0 aliphatic heterocycles. The molecule has 1 amide bonds. The van der Waals surface area contributed by atoms with Crippen LogP contribution in [0.1, 0.15) is 13.8 Å². The maximum Gasteiger partial charge on any atom is 0.269 e. The number of nitro groups is 1. The van der Waals surface area contributed by atoms with Gasteiger partial charge in [0.25, 0.3) is 5.69 Å². The van der Waals surface area contributed by atoms with Crippen LogP contribution in [0.4, 0.5) is 11.4 Å². The molecule has 0 saturated heterocycles. The quantitative estimate of drug-likeness (QED) is 0.339. The molecule has 0 saturated carbocycles. The number of nitrogens with one attached hydrogen (secondary N) is 1. The molecular formula is C18H18N6O4S. The van der Waals surface area contributed by atoms with E-state index < -0.39 is 10.2 Å². The Kier molecular flexibility index (Phi) is 6.39. The first-order valence-electron chi connectivity index (χ1n) is 8.72. The van der Waals surface area contributed by atoms with Crippen molar-refractivity contribution in [3.8, 4) is 11.4 Å². The summed E-state index contributed by atoms with van der Waals surface area (Å²) in [5.41, 5.74) is 1.09. The first-order valence-corrected chi connectivity index (χ1v) is 9.60. The molecule has 1 N–H and O–H groups in total. The van der Waals surface area contributed by atoms with Gasteiger partial charge in [-0.25, -0.2) is 0 Å². The maximum atomic E-state index is 12.5. The first kappa shape index (κ1) is 20.3. The van der Waals surface area contributed by atoms with E-state index >= 15 is 0 Å². The summed E-state index contributed by atoms with van der Waals surface area (Å²) in [5, 5.41) is 25.1. The highest BCUT2D eigenvalue weighted by molar-refractivity contribution is 8.00. The fraction of sp³-hybridized carbons (Fsp3) is 0.222. The van der Waals surface area contributed by atoms with Crippen molar-refractivity contribution < 1.29 is 14.5 Å². The van der Waals surface area contributed by atoms with Crippen LogP contribution in [0.3, 0.4) is 0 Å². The van der Waals surface area contributed by atoms with E-state index in [4.69, 9.17) is 4.74 Å². The van der Waals surface area contributed by atoms with Gasteiger partial charge in [0, 0.05) is 17.8 Å². The van der Waals surface area contributed by atoms with E-state index in [0.29, 0.717) is 28.9 Å². The molecule has 0 unspecified atom stereocenters. The normalized spacial score (nSPS) is 11.7. The van der Waals surface area contributed by atoms with Gasteiger partial charge >= 0.3 is 0 Å². The average molecular weight is 414 g/mol. The van der Waals surface area contributed by atoms with Crippen LogP contribution in [0.5, 0.6) is 5.75 Å². The second-order valence-corrected chi connectivity index (χ2v) is 7.14. The van der Waals surface area contributed by atoms with Crippen LogP contribution in [-0.4, -0.2) is 42.9 Å². The average Bonchev–Trinajstić information content (AvgIpc) is 3.17. The largest absolute Gasteiger partial charge is 0.492 e. The van der Waals surface area contributed by atoms with Crippen LogP contribution in [-0.2, 0) is 4.79 Å². The Balaban J connectivity index is 1.72. The maximum absolute atomic E-state index is 12.5. The van der Waals surface area contributed by atoms with Crippen molar-refractivity contribution in [1.29, 1.82) is 0 Å². The number of thioether (sulfide) groups is 1. The topological polar surface area (TPSA) is 125 Å². The van der Waals surface area contributed by atoms with E-state index in [9.17, 15) is 14.9 Å². The molecule has 150 valence electrons. The Labute approximate surface area is 170 Å². The second-order valence-electron chi connectivity index (χ2n) is 5.83. The third-order valence-corrected chi connectivity index (χ3v) is 4.86. The molecule has 0 spiro atoms. The molecule has 11 heteroatoms. The number of ether oxygens (including phenoxy) is 1. The van der Waals surface area contributed by atoms with E-state index in [1.165, 1.54) is 40.7 Å². The minimum absolute atomic E-state index is 0.0439. The van der Waals surface area contributed by atoms with Crippen LogP contribution < -0.4 is 10.1 Å². The molecule has 0 fully saturated rings. The second kappa shape index (κ2) is 9.15. The first-order chi connectivity index (χ1) is 14.0. The van der Waals surface area contributed by atoms with Gasteiger partial charge in [-0.2, -0.15) is 4.68 Å². The molecule has 3 aromatic rings. The van der Waals surface area contributed by atoms with Crippen molar-refractivity contribution in [3.63, 3.8) is 0 Å². The number of rotatable bonds is 8. The molecule has 1 atom stereocenters. The van der Waals surface area contributed by atoms with Crippen LogP contribution in [0.25, 0.3) is 5.69 Å². The highest BCUT2D eigenvalue weighted by atomic mass is 32.2. The van der Waals surface area contributed by atoms with E-state index in [1.54, 1.807) is 6.92 Å². The SMILES string of the molecule is CCOc1ccccc1-n1nnnc1S[C@H](C)C(=O)Nc1ccc([N+](=O)[O-])cc1. The number of carbonyl (C=O) groups excluding carboxylic acids is 1. The van der Waals surface area contributed by atoms with E-state index in [0.717, 1.165) is 0 Å². The lowest BCUT2D eigenvalue weighted by Gasteiger charge is -2.13. The number of hydrogen-bond donors (Lipinski definition) is 1. The minimum atomic E-state index is -0.519. The highest BCUT2D eigenvalue weighted by Crippen LogP contribution is 2.28. The Morgan fingerprint density at radius 3 is 2.69 bits per heavy atom. The van der Waals surface area contributed by atoms with Crippen molar-refractivity contribution in [3.05, 3.63) is 58.6 Å². The Bertz CT molecular complexity index is 1010. The number of hydrogen-bond acceptors (Lipinski definition) is 8. The summed E-state index contributed by atoms with van der Waals surface area (Å²) in [6.07, 6.45) is 0. The van der Waals surface area contributed by atoms with Crippen molar-refractivity contribution >= 4 is 29.0 Å². The lowest BCUT2D eigenvalue weighted by Crippen LogP contribution is -2.23. The number of anilines is 1. The molecular weight excluding hydrogens is 396 g/mol. The van der Waals surface area contributed by atoms with Crippen molar-refractivity contribution in [2.75, 3.05) is 11.9 Å². The third kappa shape index (κ3) is 4.88. The predicted octanol–water partition coefficient (Wildman–Crippen LogP) is 3.09. The minimum Gasteiger partial charge on any atom is -0.492 e. The smallest absolute Gasteiger partial charge is 0.269 e. The lowest BCUT2D eigenvalue weighted by atomic mass is 10.3. The van der Waals surface area contributed by atoms with Crippen LogP contribution in [0.15, 0.2) is 53.7 Å². The zero-order chi connectivity index (χ0) is 20.8. The number of amides is 1. The van der Waals surface area contributed by atoms with Gasteiger partial charge in [0.05, 0.1) is 16.8 Å². The molecule has 10 nitrogen and oxygen atoms in total. The summed E-state index contributed by atoms with van der Waals surface area (Å²) >= 11 is 1.18. The van der Waals surface area contributed by atoms with Crippen LogP contribution in [0.2, 0.25) is 0 Å².